The van der Waals surface area contributed by atoms with Crippen LogP contribution in [0.3, 0.4) is 0 Å². The summed E-state index contributed by atoms with van der Waals surface area (Å²) in [5.74, 6) is -0.810. The lowest BCUT2D eigenvalue weighted by Gasteiger charge is -2.07. The Balaban J connectivity index is 2.50. The first-order valence-corrected chi connectivity index (χ1v) is 6.24. The van der Waals surface area contributed by atoms with Gasteiger partial charge in [-0.05, 0) is 24.6 Å². The fraction of sp³-hybridized carbons (Fsp3) is 0.273. The summed E-state index contributed by atoms with van der Waals surface area (Å²) in [6.07, 6.45) is 0. The SMILES string of the molecule is Cc1ccc(NC(=O)CNC(=O)CCl)cc1Br. The second-order valence-electron chi connectivity index (χ2n) is 3.42. The molecule has 0 fully saturated rings. The second kappa shape index (κ2) is 6.61. The lowest BCUT2D eigenvalue weighted by atomic mass is 10.2. The quantitative estimate of drug-likeness (QED) is 0.835. The number of amides is 2. The van der Waals surface area contributed by atoms with Crippen molar-refractivity contribution in [3.63, 3.8) is 0 Å². The van der Waals surface area contributed by atoms with Gasteiger partial charge in [-0.15, -0.1) is 11.6 Å². The third-order valence-corrected chi connectivity index (χ3v) is 3.12. The molecule has 1 aromatic rings. The average Bonchev–Trinajstić information content (AvgIpc) is 2.31. The van der Waals surface area contributed by atoms with Crippen LogP contribution in [0.4, 0.5) is 5.69 Å². The number of hydrogen-bond donors (Lipinski definition) is 2. The molecule has 2 N–H and O–H groups in total. The minimum atomic E-state index is -0.369. The zero-order valence-corrected chi connectivity index (χ0v) is 11.6. The molecule has 0 spiro atoms. The molecule has 0 unspecified atom stereocenters. The highest BCUT2D eigenvalue weighted by Crippen LogP contribution is 2.20. The van der Waals surface area contributed by atoms with E-state index in [0.29, 0.717) is 5.69 Å². The van der Waals surface area contributed by atoms with E-state index in [1.165, 1.54) is 0 Å². The Morgan fingerprint density at radius 1 is 1.35 bits per heavy atom. The fourth-order valence-corrected chi connectivity index (χ4v) is 1.58. The number of benzene rings is 1. The van der Waals surface area contributed by atoms with Crippen molar-refractivity contribution < 1.29 is 9.59 Å². The van der Waals surface area contributed by atoms with Gasteiger partial charge in [-0.1, -0.05) is 22.0 Å². The molecule has 1 rings (SSSR count). The molecule has 0 atom stereocenters. The Hall–Kier alpha value is -1.07. The van der Waals surface area contributed by atoms with Gasteiger partial charge in [0.05, 0.1) is 6.54 Å². The maximum atomic E-state index is 11.4. The van der Waals surface area contributed by atoms with Gasteiger partial charge in [0.2, 0.25) is 11.8 Å². The van der Waals surface area contributed by atoms with E-state index in [2.05, 4.69) is 26.6 Å². The summed E-state index contributed by atoms with van der Waals surface area (Å²) in [4.78, 5) is 22.3. The molecule has 92 valence electrons. The van der Waals surface area contributed by atoms with Gasteiger partial charge in [-0.3, -0.25) is 9.59 Å². The molecule has 0 aliphatic heterocycles. The van der Waals surface area contributed by atoms with E-state index in [-0.39, 0.29) is 24.2 Å². The number of halogens is 2. The van der Waals surface area contributed by atoms with Crippen LogP contribution < -0.4 is 10.6 Å². The van der Waals surface area contributed by atoms with Gasteiger partial charge in [0.1, 0.15) is 5.88 Å². The number of carbonyl (C=O) groups excluding carboxylic acids is 2. The maximum absolute atomic E-state index is 11.4. The lowest BCUT2D eigenvalue weighted by Crippen LogP contribution is -2.33. The zero-order chi connectivity index (χ0) is 12.8. The summed E-state index contributed by atoms with van der Waals surface area (Å²) >= 11 is 8.65. The number of anilines is 1. The van der Waals surface area contributed by atoms with Gasteiger partial charge in [-0.25, -0.2) is 0 Å². The molecule has 1 aromatic carbocycles. The molecule has 0 radical (unpaired) electrons. The number of carbonyl (C=O) groups is 2. The van der Waals surface area contributed by atoms with Crippen LogP contribution in [0.5, 0.6) is 0 Å². The Kier molecular flexibility index (Phi) is 5.44. The highest BCUT2D eigenvalue weighted by atomic mass is 79.9. The van der Waals surface area contributed by atoms with Crippen LogP contribution in [0, 0.1) is 6.92 Å². The van der Waals surface area contributed by atoms with Gasteiger partial charge in [0, 0.05) is 10.2 Å². The molecule has 6 heteroatoms. The van der Waals surface area contributed by atoms with Crippen molar-refractivity contribution in [1.82, 2.24) is 5.32 Å². The molecule has 0 saturated carbocycles. The minimum absolute atomic E-state index is 0.0863. The molecule has 2 amide bonds. The van der Waals surface area contributed by atoms with E-state index in [0.717, 1.165) is 10.0 Å². The Morgan fingerprint density at radius 3 is 2.65 bits per heavy atom. The van der Waals surface area contributed by atoms with Crippen LogP contribution in [0.25, 0.3) is 0 Å². The summed E-state index contributed by atoms with van der Waals surface area (Å²) in [7, 11) is 0. The van der Waals surface area contributed by atoms with Crippen molar-refractivity contribution in [2.24, 2.45) is 0 Å². The summed E-state index contributed by atoms with van der Waals surface area (Å²) in [5, 5.41) is 5.05. The molecule has 0 bridgehead atoms. The standard InChI is InChI=1S/C11H12BrClN2O2/c1-7-2-3-8(4-9(7)12)15-11(17)6-14-10(16)5-13/h2-4H,5-6H2,1H3,(H,14,16)(H,15,17). The van der Waals surface area contributed by atoms with E-state index in [4.69, 9.17) is 11.6 Å². The summed E-state index contributed by atoms with van der Waals surface area (Å²) < 4.78 is 0.917. The monoisotopic (exact) mass is 318 g/mol. The first-order valence-electron chi connectivity index (χ1n) is 4.91. The minimum Gasteiger partial charge on any atom is -0.346 e. The van der Waals surface area contributed by atoms with Crippen molar-refractivity contribution >= 4 is 45.0 Å². The van der Waals surface area contributed by atoms with Crippen molar-refractivity contribution in [3.05, 3.63) is 28.2 Å². The predicted molar refractivity (Wildman–Crippen MR) is 71.2 cm³/mol. The van der Waals surface area contributed by atoms with Crippen LogP contribution >= 0.6 is 27.5 Å². The average molecular weight is 320 g/mol. The Bertz CT molecular complexity index is 437. The Labute approximate surface area is 113 Å². The molecule has 0 aromatic heterocycles. The fourth-order valence-electron chi connectivity index (χ4n) is 1.10. The summed E-state index contributed by atoms with van der Waals surface area (Å²) in [6.45, 7) is 1.87. The van der Waals surface area contributed by atoms with Crippen molar-refractivity contribution in [1.29, 1.82) is 0 Å². The molecule has 0 aliphatic carbocycles. The van der Waals surface area contributed by atoms with Crippen molar-refractivity contribution in [3.8, 4) is 0 Å². The molecular weight excluding hydrogens is 307 g/mol. The normalized spacial score (nSPS) is 9.82. The van der Waals surface area contributed by atoms with Crippen LogP contribution in [0.2, 0.25) is 0 Å². The third-order valence-electron chi connectivity index (χ3n) is 2.02. The number of rotatable bonds is 4. The number of nitrogens with one attached hydrogen (secondary N) is 2. The molecule has 4 nitrogen and oxygen atoms in total. The van der Waals surface area contributed by atoms with Crippen molar-refractivity contribution in [2.45, 2.75) is 6.92 Å². The Morgan fingerprint density at radius 2 is 2.06 bits per heavy atom. The van der Waals surface area contributed by atoms with E-state index in [9.17, 15) is 9.59 Å². The second-order valence-corrected chi connectivity index (χ2v) is 4.54. The largest absolute Gasteiger partial charge is 0.346 e. The smallest absolute Gasteiger partial charge is 0.243 e. The number of alkyl halides is 1. The van der Waals surface area contributed by atoms with Crippen LogP contribution in [-0.2, 0) is 9.59 Å². The molecule has 0 saturated heterocycles. The van der Waals surface area contributed by atoms with Gasteiger partial charge < -0.3 is 10.6 Å². The third kappa shape index (κ3) is 4.75. The molecule has 0 heterocycles. The van der Waals surface area contributed by atoms with Crippen molar-refractivity contribution in [2.75, 3.05) is 17.7 Å². The first-order chi connectivity index (χ1) is 8.02. The van der Waals surface area contributed by atoms with Gasteiger partial charge in [-0.2, -0.15) is 0 Å². The highest BCUT2D eigenvalue weighted by Gasteiger charge is 2.05. The lowest BCUT2D eigenvalue weighted by molar-refractivity contribution is -0.122. The van der Waals surface area contributed by atoms with Crippen LogP contribution in [-0.4, -0.2) is 24.2 Å². The van der Waals surface area contributed by atoms with E-state index in [1.807, 2.05) is 13.0 Å². The maximum Gasteiger partial charge on any atom is 0.243 e. The van der Waals surface area contributed by atoms with E-state index in [1.54, 1.807) is 12.1 Å². The molecule has 0 aliphatic rings. The van der Waals surface area contributed by atoms with Gasteiger partial charge >= 0.3 is 0 Å². The van der Waals surface area contributed by atoms with E-state index < -0.39 is 0 Å². The number of aryl methyl sites for hydroxylation is 1. The van der Waals surface area contributed by atoms with Gasteiger partial charge in [0.15, 0.2) is 0 Å². The molecule has 17 heavy (non-hydrogen) atoms. The van der Waals surface area contributed by atoms with Crippen LogP contribution in [0.1, 0.15) is 5.56 Å². The number of hydrogen-bond acceptors (Lipinski definition) is 2. The van der Waals surface area contributed by atoms with Crippen LogP contribution in [0.15, 0.2) is 22.7 Å². The summed E-state index contributed by atoms with van der Waals surface area (Å²) in [5.41, 5.74) is 1.76. The summed E-state index contributed by atoms with van der Waals surface area (Å²) in [6, 6.07) is 5.48. The predicted octanol–water partition coefficient (Wildman–Crippen LogP) is 2.05. The highest BCUT2D eigenvalue weighted by molar-refractivity contribution is 9.10. The topological polar surface area (TPSA) is 58.2 Å². The molecular formula is C11H12BrClN2O2. The zero-order valence-electron chi connectivity index (χ0n) is 9.22. The van der Waals surface area contributed by atoms with Gasteiger partial charge in [0.25, 0.3) is 0 Å². The first kappa shape index (κ1) is 14.0. The van der Waals surface area contributed by atoms with E-state index >= 15 is 0 Å².